The SMILES string of the molecule is c1ccc(-c2nc(-c3ccccc3)nc(-c3ccc(-c4ccccc4)c(-c4cc(-n5c6ccccc6c6ccccc65)c5ccccc5c4)c3)n2)cc1.c1ccc(-c2nc(-c3ccccc3)nc(-c3ccc(-c4ccccc4)c(-c4cc(-n5c6ccccc6c6ccccc65)cc5ccccc45)c3)n2)cc1. The quantitative estimate of drug-likeness (QED) is 0.121. The molecule has 496 valence electrons. The van der Waals surface area contributed by atoms with E-state index in [4.69, 9.17) is 29.9 Å². The molecule has 4 heterocycles. The molecule has 4 aromatic heterocycles. The first-order valence-corrected chi connectivity index (χ1v) is 35.7. The number of hydrogen-bond donors (Lipinski definition) is 0. The Bertz CT molecular complexity index is 6450. The first-order chi connectivity index (χ1) is 52.6. The Morgan fingerprint density at radius 3 is 0.868 bits per heavy atom. The van der Waals surface area contributed by atoms with Crippen LogP contribution in [0.3, 0.4) is 0 Å². The Morgan fingerprint density at radius 1 is 0.160 bits per heavy atom. The third kappa shape index (κ3) is 11.7. The summed E-state index contributed by atoms with van der Waals surface area (Å²) in [5, 5.41) is 9.67. The van der Waals surface area contributed by atoms with Crippen molar-refractivity contribution in [2.45, 2.75) is 0 Å². The largest absolute Gasteiger partial charge is 0.309 e. The number of fused-ring (bicyclic) bond motifs is 8. The lowest BCUT2D eigenvalue weighted by molar-refractivity contribution is 1.07. The zero-order valence-corrected chi connectivity index (χ0v) is 57.5. The number of hydrogen-bond acceptors (Lipinski definition) is 6. The van der Waals surface area contributed by atoms with Crippen LogP contribution in [-0.4, -0.2) is 39.0 Å². The van der Waals surface area contributed by atoms with Crippen LogP contribution >= 0.6 is 0 Å². The van der Waals surface area contributed by atoms with Gasteiger partial charge in [0.1, 0.15) is 0 Å². The predicted octanol–water partition coefficient (Wildman–Crippen LogP) is 24.9. The van der Waals surface area contributed by atoms with E-state index < -0.39 is 0 Å². The summed E-state index contributed by atoms with van der Waals surface area (Å²) in [5.41, 5.74) is 21.6. The smallest absolute Gasteiger partial charge is 0.164 e. The van der Waals surface area contributed by atoms with Crippen molar-refractivity contribution in [1.29, 1.82) is 0 Å². The fourth-order valence-corrected chi connectivity index (χ4v) is 15.1. The first-order valence-electron chi connectivity index (χ1n) is 35.7. The predicted molar refractivity (Wildman–Crippen MR) is 438 cm³/mol. The lowest BCUT2D eigenvalue weighted by Gasteiger charge is -2.18. The van der Waals surface area contributed by atoms with E-state index in [1.165, 1.54) is 65.2 Å². The second-order valence-corrected chi connectivity index (χ2v) is 26.5. The highest BCUT2D eigenvalue weighted by molar-refractivity contribution is 6.12. The third-order valence-electron chi connectivity index (χ3n) is 20.1. The van der Waals surface area contributed by atoms with E-state index in [2.05, 4.69) is 276 Å². The number of rotatable bonds is 12. The molecule has 0 atom stereocenters. The summed E-state index contributed by atoms with van der Waals surface area (Å²) in [7, 11) is 0. The highest BCUT2D eigenvalue weighted by Crippen LogP contribution is 2.45. The van der Waals surface area contributed by atoms with Crippen molar-refractivity contribution in [3.05, 3.63) is 388 Å². The zero-order chi connectivity index (χ0) is 70.3. The standard InChI is InChI=1S/2C49H32N4/c1-4-16-33(17-5-1)39-29-28-37(49-51-47(34-18-6-2-7-19-34)50-48(52-49)35-20-8-3-9-21-35)31-43(39)38-30-36-22-10-11-23-40(36)46(32-38)53-44-26-14-12-24-41(44)42-25-13-15-27-45(42)53;1-4-16-33(17-5-1)40-29-28-37(49-51-47(34-18-6-2-7-19-34)50-48(52-49)35-20-8-3-9-21-35)31-43(40)44-32-38(30-36-22-10-11-23-39(36)44)53-45-26-14-12-24-41(45)42-25-13-15-27-46(42)53/h2*1-32H. The van der Waals surface area contributed by atoms with Gasteiger partial charge in [0.05, 0.1) is 27.8 Å². The second-order valence-electron chi connectivity index (χ2n) is 26.5. The summed E-state index contributed by atoms with van der Waals surface area (Å²) >= 11 is 0. The fourth-order valence-electron chi connectivity index (χ4n) is 15.1. The van der Waals surface area contributed by atoms with Gasteiger partial charge in [-0.25, -0.2) is 29.9 Å². The normalized spacial score (nSPS) is 11.4. The highest BCUT2D eigenvalue weighted by atomic mass is 15.0. The molecule has 0 aliphatic heterocycles. The number of benzene rings is 16. The van der Waals surface area contributed by atoms with E-state index in [1.54, 1.807) is 0 Å². The lowest BCUT2D eigenvalue weighted by atomic mass is 9.89. The molecule has 0 saturated heterocycles. The van der Waals surface area contributed by atoms with Crippen molar-refractivity contribution >= 4 is 65.2 Å². The average molecular weight is 1350 g/mol. The summed E-state index contributed by atoms with van der Waals surface area (Å²) in [6.07, 6.45) is 0. The van der Waals surface area contributed by atoms with E-state index in [0.29, 0.717) is 34.9 Å². The molecule has 0 radical (unpaired) electrons. The molecule has 0 bridgehead atoms. The molecule has 0 aliphatic carbocycles. The van der Waals surface area contributed by atoms with Gasteiger partial charge < -0.3 is 9.13 Å². The number of para-hydroxylation sites is 4. The maximum absolute atomic E-state index is 5.10. The Hall–Kier alpha value is -14.3. The van der Waals surface area contributed by atoms with Gasteiger partial charge in [0.25, 0.3) is 0 Å². The van der Waals surface area contributed by atoms with Crippen LogP contribution in [0.25, 0.3) is 189 Å². The molecule has 0 fully saturated rings. The Kier molecular flexibility index (Phi) is 16.1. The molecule has 8 heteroatoms. The van der Waals surface area contributed by atoms with Crippen molar-refractivity contribution in [2.24, 2.45) is 0 Å². The van der Waals surface area contributed by atoms with Gasteiger partial charge in [0, 0.05) is 66.0 Å². The molecular formula is C98H64N8. The van der Waals surface area contributed by atoms with Crippen LogP contribution in [0.4, 0.5) is 0 Å². The van der Waals surface area contributed by atoms with E-state index in [0.717, 1.165) is 89.3 Å². The molecule has 0 N–H and O–H groups in total. The summed E-state index contributed by atoms with van der Waals surface area (Å²) in [6.45, 7) is 0. The average Bonchev–Trinajstić information content (AvgIpc) is 1.54. The molecule has 16 aromatic carbocycles. The topological polar surface area (TPSA) is 87.2 Å². The number of aromatic nitrogens is 8. The third-order valence-corrected chi connectivity index (χ3v) is 20.1. The van der Waals surface area contributed by atoms with Gasteiger partial charge in [0.15, 0.2) is 34.9 Å². The van der Waals surface area contributed by atoms with Gasteiger partial charge in [-0.15, -0.1) is 0 Å². The summed E-state index contributed by atoms with van der Waals surface area (Å²) < 4.78 is 4.82. The van der Waals surface area contributed by atoms with Gasteiger partial charge in [-0.1, -0.05) is 328 Å². The fraction of sp³-hybridized carbons (Fsp3) is 0. The second kappa shape index (κ2) is 27.2. The molecule has 0 spiro atoms. The van der Waals surface area contributed by atoms with Crippen molar-refractivity contribution in [3.63, 3.8) is 0 Å². The van der Waals surface area contributed by atoms with E-state index >= 15 is 0 Å². The van der Waals surface area contributed by atoms with E-state index in [1.807, 2.05) is 121 Å². The van der Waals surface area contributed by atoms with Crippen molar-refractivity contribution in [2.75, 3.05) is 0 Å². The maximum Gasteiger partial charge on any atom is 0.164 e. The molecule has 0 aliphatic rings. The molecule has 106 heavy (non-hydrogen) atoms. The van der Waals surface area contributed by atoms with Gasteiger partial charge in [-0.2, -0.15) is 0 Å². The Balaban J connectivity index is 0.000000145. The molecule has 20 aromatic rings. The minimum atomic E-state index is 0.626. The zero-order valence-electron chi connectivity index (χ0n) is 57.5. The van der Waals surface area contributed by atoms with Crippen molar-refractivity contribution in [1.82, 2.24) is 39.0 Å². The summed E-state index contributed by atoms with van der Waals surface area (Å²) in [4.78, 5) is 30.3. The van der Waals surface area contributed by atoms with Gasteiger partial charge in [-0.05, 0) is 121 Å². The molecular weight excluding hydrogens is 1290 g/mol. The van der Waals surface area contributed by atoms with Crippen LogP contribution in [0.2, 0.25) is 0 Å². The van der Waals surface area contributed by atoms with E-state index in [-0.39, 0.29) is 0 Å². The minimum Gasteiger partial charge on any atom is -0.309 e. The molecule has 8 nitrogen and oxygen atoms in total. The van der Waals surface area contributed by atoms with Crippen LogP contribution < -0.4 is 0 Å². The van der Waals surface area contributed by atoms with Gasteiger partial charge in [-0.3, -0.25) is 0 Å². The molecule has 0 saturated carbocycles. The van der Waals surface area contributed by atoms with Crippen LogP contribution in [0.5, 0.6) is 0 Å². The molecule has 0 unspecified atom stereocenters. The minimum absolute atomic E-state index is 0.626. The van der Waals surface area contributed by atoms with Crippen LogP contribution in [0.1, 0.15) is 0 Å². The monoisotopic (exact) mass is 1350 g/mol. The Labute approximate surface area is 612 Å². The summed E-state index contributed by atoms with van der Waals surface area (Å²) in [5.74, 6) is 3.82. The number of nitrogens with zero attached hydrogens (tertiary/aromatic N) is 8. The van der Waals surface area contributed by atoms with E-state index in [9.17, 15) is 0 Å². The lowest BCUT2D eigenvalue weighted by Crippen LogP contribution is -2.01. The molecule has 20 rings (SSSR count). The highest BCUT2D eigenvalue weighted by Gasteiger charge is 2.23. The van der Waals surface area contributed by atoms with Gasteiger partial charge in [0.2, 0.25) is 0 Å². The summed E-state index contributed by atoms with van der Waals surface area (Å²) in [6, 6.07) is 136. The van der Waals surface area contributed by atoms with Crippen LogP contribution in [0, 0.1) is 0 Å². The first kappa shape index (κ1) is 62.6. The Morgan fingerprint density at radius 2 is 0.462 bits per heavy atom. The van der Waals surface area contributed by atoms with Gasteiger partial charge >= 0.3 is 0 Å². The van der Waals surface area contributed by atoms with Crippen LogP contribution in [-0.2, 0) is 0 Å². The maximum atomic E-state index is 5.10. The molecule has 0 amide bonds. The van der Waals surface area contributed by atoms with Crippen LogP contribution in [0.15, 0.2) is 388 Å². The van der Waals surface area contributed by atoms with Crippen molar-refractivity contribution < 1.29 is 0 Å². The van der Waals surface area contributed by atoms with Crippen molar-refractivity contribution in [3.8, 4) is 124 Å².